The molecule has 382 valence electrons. The SMILES string of the molecule is Cc1ccc(C)c(-c2c(-n3c4ccccc4c4c5sc6ccccc6c5ccc43)c(-n3c4ccccc4c4ccccc43)c(C#N)c(-n3c4ccccc4c4ccccc43)c2-n2c3ccccc3c3c4sc5ccccc5c4ccc32)c1. The van der Waals surface area contributed by atoms with Crippen molar-refractivity contribution in [2.75, 3.05) is 0 Å². The summed E-state index contributed by atoms with van der Waals surface area (Å²) in [5, 5.41) is 27.3. The standard InChI is InChI=1S/C75H45N5S2/c1-43-35-36-44(2)55(41-43)69-72(79-61-31-15-7-25-53(61)67-63(79)39-37-51-49-23-9-17-33-65(49)81-74(51)67)70(77-57-27-11-3-19-45(57)46-20-4-12-28-58(46)77)56(42-76)71(78-59-29-13-5-21-47(59)48-22-6-14-30-60(48)78)73(69)80-62-32-16-8-26-54(62)68-64(80)40-38-52-50-24-10-18-34-66(50)82-75(52)68/h3-41H,1-2H3. The van der Waals surface area contributed by atoms with Gasteiger partial charge in [0.15, 0.2) is 0 Å². The molecule has 12 aromatic carbocycles. The number of rotatable bonds is 5. The first-order valence-corrected chi connectivity index (χ1v) is 29.5. The Hall–Kier alpha value is -10.2. The molecule has 0 fully saturated rings. The van der Waals surface area contributed by atoms with E-state index in [1.54, 1.807) is 0 Å². The molecule has 0 saturated carbocycles. The molecule has 7 heteroatoms. The van der Waals surface area contributed by atoms with E-state index in [4.69, 9.17) is 0 Å². The van der Waals surface area contributed by atoms with E-state index in [-0.39, 0.29) is 0 Å². The monoisotopic (exact) mass is 1080 g/mol. The highest BCUT2D eigenvalue weighted by molar-refractivity contribution is 7.27. The number of benzene rings is 12. The fourth-order valence-corrected chi connectivity index (χ4v) is 16.7. The van der Waals surface area contributed by atoms with Crippen molar-refractivity contribution in [2.24, 2.45) is 0 Å². The van der Waals surface area contributed by atoms with Gasteiger partial charge >= 0.3 is 0 Å². The summed E-state index contributed by atoms with van der Waals surface area (Å²) in [5.74, 6) is 0. The minimum Gasteiger partial charge on any atom is -0.306 e. The third-order valence-corrected chi connectivity index (χ3v) is 20.0. The zero-order valence-corrected chi connectivity index (χ0v) is 46.2. The summed E-state index contributed by atoms with van der Waals surface area (Å²) in [4.78, 5) is 0. The average molecular weight is 1080 g/mol. The molecule has 18 rings (SSSR count). The second-order valence-corrected chi connectivity index (χ2v) is 24.0. The number of hydrogen-bond acceptors (Lipinski definition) is 3. The van der Waals surface area contributed by atoms with Crippen LogP contribution in [0.4, 0.5) is 0 Å². The number of thiophene rings is 2. The van der Waals surface area contributed by atoms with Crippen molar-refractivity contribution in [1.29, 1.82) is 5.26 Å². The fourth-order valence-electron chi connectivity index (χ4n) is 14.2. The van der Waals surface area contributed by atoms with E-state index in [2.05, 4.69) is 275 Å². The lowest BCUT2D eigenvalue weighted by atomic mass is 9.90. The smallest absolute Gasteiger partial charge is 0.104 e. The molecule has 0 aliphatic carbocycles. The van der Waals surface area contributed by atoms with Gasteiger partial charge in [0.1, 0.15) is 11.6 Å². The van der Waals surface area contributed by atoms with Gasteiger partial charge in [0, 0.05) is 89.0 Å². The second-order valence-electron chi connectivity index (χ2n) is 21.9. The maximum atomic E-state index is 13.1. The number of fused-ring (bicyclic) bond motifs is 20. The van der Waals surface area contributed by atoms with Gasteiger partial charge in [0.2, 0.25) is 0 Å². The third kappa shape index (κ3) is 5.99. The van der Waals surface area contributed by atoms with Crippen LogP contribution >= 0.6 is 22.7 Å². The van der Waals surface area contributed by atoms with Gasteiger partial charge in [-0.2, -0.15) is 5.26 Å². The van der Waals surface area contributed by atoms with Crippen LogP contribution in [0.5, 0.6) is 0 Å². The zero-order valence-electron chi connectivity index (χ0n) is 44.6. The number of nitriles is 1. The van der Waals surface area contributed by atoms with Crippen LogP contribution in [0.15, 0.2) is 237 Å². The van der Waals surface area contributed by atoms with Crippen molar-refractivity contribution in [3.8, 4) is 39.9 Å². The molecule has 0 N–H and O–H groups in total. The fraction of sp³-hybridized carbons (Fsp3) is 0.0267. The average Bonchev–Trinajstić information content (AvgIpc) is 4.34. The summed E-state index contributed by atoms with van der Waals surface area (Å²) in [5.41, 5.74) is 16.7. The number of nitrogens with zero attached hydrogens (tertiary/aromatic N) is 5. The normalized spacial score (nSPS) is 12.3. The minimum absolute atomic E-state index is 0.555. The maximum Gasteiger partial charge on any atom is 0.104 e. The van der Waals surface area contributed by atoms with E-state index >= 15 is 0 Å². The van der Waals surface area contributed by atoms with Crippen LogP contribution in [-0.4, -0.2) is 18.3 Å². The van der Waals surface area contributed by atoms with Crippen LogP contribution in [0.3, 0.4) is 0 Å². The van der Waals surface area contributed by atoms with E-state index in [1.165, 1.54) is 51.1 Å². The highest BCUT2D eigenvalue weighted by Crippen LogP contribution is 2.54. The number of hydrogen-bond donors (Lipinski definition) is 0. The van der Waals surface area contributed by atoms with Crippen molar-refractivity contribution in [1.82, 2.24) is 18.3 Å². The van der Waals surface area contributed by atoms with Gasteiger partial charge in [-0.1, -0.05) is 181 Å². The molecule has 0 spiro atoms. The molecule has 0 radical (unpaired) electrons. The van der Waals surface area contributed by atoms with E-state index in [0.29, 0.717) is 5.56 Å². The van der Waals surface area contributed by atoms with E-state index in [1.807, 2.05) is 22.7 Å². The summed E-state index contributed by atoms with van der Waals surface area (Å²) in [6.07, 6.45) is 0. The highest BCUT2D eigenvalue weighted by Gasteiger charge is 2.36. The Balaban J connectivity index is 1.19. The molecule has 0 aliphatic heterocycles. The molecule has 82 heavy (non-hydrogen) atoms. The van der Waals surface area contributed by atoms with Crippen molar-refractivity contribution in [3.05, 3.63) is 253 Å². The third-order valence-electron chi connectivity index (χ3n) is 17.6. The first-order chi connectivity index (χ1) is 40.5. The largest absolute Gasteiger partial charge is 0.306 e. The minimum atomic E-state index is 0.555. The predicted molar refractivity (Wildman–Crippen MR) is 349 cm³/mol. The van der Waals surface area contributed by atoms with Gasteiger partial charge < -0.3 is 18.3 Å². The van der Waals surface area contributed by atoms with Gasteiger partial charge in [-0.15, -0.1) is 22.7 Å². The van der Waals surface area contributed by atoms with Crippen molar-refractivity contribution in [3.63, 3.8) is 0 Å². The topological polar surface area (TPSA) is 43.5 Å². The molecule has 18 aromatic rings. The Labute approximate surface area is 477 Å². The van der Waals surface area contributed by atoms with Crippen LogP contribution in [0.2, 0.25) is 0 Å². The van der Waals surface area contributed by atoms with Crippen LogP contribution in [0.25, 0.3) is 161 Å². The summed E-state index contributed by atoms with van der Waals surface area (Å²) in [6, 6.07) is 90.0. The van der Waals surface area contributed by atoms with E-state index in [0.717, 1.165) is 121 Å². The molecule has 0 aliphatic rings. The molecule has 0 bridgehead atoms. The molecule has 6 aromatic heterocycles. The predicted octanol–water partition coefficient (Wildman–Crippen LogP) is 21.0. The second kappa shape index (κ2) is 16.9. The Kier molecular flexibility index (Phi) is 9.40. The lowest BCUT2D eigenvalue weighted by Gasteiger charge is -2.30. The van der Waals surface area contributed by atoms with Crippen LogP contribution in [-0.2, 0) is 0 Å². The lowest BCUT2D eigenvalue weighted by Crippen LogP contribution is -2.16. The summed E-state index contributed by atoms with van der Waals surface area (Å²) >= 11 is 3.73. The first kappa shape index (κ1) is 45.6. The molecular formula is C75H45N5S2. The van der Waals surface area contributed by atoms with Gasteiger partial charge in [0.25, 0.3) is 0 Å². The number of aryl methyl sites for hydroxylation is 2. The van der Waals surface area contributed by atoms with Gasteiger partial charge in [-0.05, 0) is 85.6 Å². The van der Waals surface area contributed by atoms with Crippen molar-refractivity contribution >= 4 is 150 Å². The van der Waals surface area contributed by atoms with Gasteiger partial charge in [-0.25, -0.2) is 0 Å². The van der Waals surface area contributed by atoms with Crippen molar-refractivity contribution < 1.29 is 0 Å². The Morgan fingerprint density at radius 1 is 0.317 bits per heavy atom. The molecule has 0 atom stereocenters. The Bertz CT molecular complexity index is 5450. The molecule has 6 heterocycles. The highest BCUT2D eigenvalue weighted by atomic mass is 32.1. The number of para-hydroxylation sites is 6. The maximum absolute atomic E-state index is 13.1. The number of aromatic nitrogens is 4. The lowest BCUT2D eigenvalue weighted by molar-refractivity contribution is 1.03. The van der Waals surface area contributed by atoms with Gasteiger partial charge in [-0.3, -0.25) is 0 Å². The molecular weight excluding hydrogens is 1030 g/mol. The Morgan fingerprint density at radius 2 is 0.659 bits per heavy atom. The zero-order chi connectivity index (χ0) is 54.1. The molecule has 0 saturated heterocycles. The summed E-state index contributed by atoms with van der Waals surface area (Å²) < 4.78 is 15.0. The summed E-state index contributed by atoms with van der Waals surface area (Å²) in [6.45, 7) is 4.48. The van der Waals surface area contributed by atoms with Crippen LogP contribution in [0, 0.1) is 25.2 Å². The van der Waals surface area contributed by atoms with Crippen LogP contribution < -0.4 is 0 Å². The van der Waals surface area contributed by atoms with E-state index in [9.17, 15) is 5.26 Å². The molecule has 0 unspecified atom stereocenters. The van der Waals surface area contributed by atoms with Gasteiger partial charge in [0.05, 0.1) is 66.9 Å². The quantitative estimate of drug-likeness (QED) is 0.169. The van der Waals surface area contributed by atoms with E-state index < -0.39 is 0 Å². The molecule has 0 amide bonds. The molecule has 5 nitrogen and oxygen atoms in total. The van der Waals surface area contributed by atoms with Crippen LogP contribution in [0.1, 0.15) is 16.7 Å². The van der Waals surface area contributed by atoms with Crippen molar-refractivity contribution in [2.45, 2.75) is 13.8 Å². The first-order valence-electron chi connectivity index (χ1n) is 27.9. The summed E-state index contributed by atoms with van der Waals surface area (Å²) in [7, 11) is 0. The Morgan fingerprint density at radius 3 is 1.06 bits per heavy atom.